The highest BCUT2D eigenvalue weighted by molar-refractivity contribution is 5.66. The summed E-state index contributed by atoms with van der Waals surface area (Å²) in [5, 5.41) is 11.2. The molecule has 4 rings (SSSR count). The predicted octanol–water partition coefficient (Wildman–Crippen LogP) is 2.91. The van der Waals surface area contributed by atoms with Crippen molar-refractivity contribution in [2.45, 2.75) is 115 Å². The van der Waals surface area contributed by atoms with Crippen LogP contribution in [0, 0.1) is 5.92 Å². The topological polar surface area (TPSA) is 80.8 Å². The van der Waals surface area contributed by atoms with E-state index in [0.29, 0.717) is 6.42 Å². The maximum absolute atomic E-state index is 11.9. The molecule has 8 unspecified atom stereocenters. The van der Waals surface area contributed by atoms with Crippen LogP contribution in [0.4, 0.5) is 0 Å². The molecule has 0 aromatic heterocycles. The third kappa shape index (κ3) is 3.42. The van der Waals surface area contributed by atoms with Crippen molar-refractivity contribution in [3.8, 4) is 0 Å². The summed E-state index contributed by atoms with van der Waals surface area (Å²) in [6.07, 6.45) is 3.98. The Balaban J connectivity index is 1.68. The third-order valence-electron chi connectivity index (χ3n) is 7.21. The lowest BCUT2D eigenvalue weighted by Crippen LogP contribution is -2.47. The predicted molar refractivity (Wildman–Crippen MR) is 103 cm³/mol. The summed E-state index contributed by atoms with van der Waals surface area (Å²) in [6, 6.07) is 0. The summed E-state index contributed by atoms with van der Waals surface area (Å²) >= 11 is 0. The number of rotatable bonds is 2. The van der Waals surface area contributed by atoms with E-state index in [1.807, 2.05) is 19.9 Å². The summed E-state index contributed by atoms with van der Waals surface area (Å²) in [6.45, 7) is 11.6. The molecule has 4 heterocycles. The first kappa shape index (κ1) is 20.3. The number of hydrogen-bond acceptors (Lipinski definition) is 6. The minimum Gasteiger partial charge on any atom is -0.456 e. The van der Waals surface area contributed by atoms with Gasteiger partial charge in [-0.1, -0.05) is 19.9 Å². The standard InChI is InChI=1S/C22H34O6/c1-12(2)14-11-17-20(4,24)9-7-15-21(5,27-15)10-8-16-22(6,28-16)19(18(14)26-17)25-13(3)23/h11-12,15-19,24H,7-10H2,1-6H3. The van der Waals surface area contributed by atoms with Crippen molar-refractivity contribution in [3.63, 3.8) is 0 Å². The van der Waals surface area contributed by atoms with Gasteiger partial charge >= 0.3 is 5.97 Å². The van der Waals surface area contributed by atoms with Gasteiger partial charge in [0.1, 0.15) is 17.8 Å². The minimum atomic E-state index is -1.01. The monoisotopic (exact) mass is 394 g/mol. The first-order valence-corrected chi connectivity index (χ1v) is 10.6. The second-order valence-corrected chi connectivity index (χ2v) is 9.97. The van der Waals surface area contributed by atoms with E-state index in [-0.39, 0.29) is 29.7 Å². The summed E-state index contributed by atoms with van der Waals surface area (Å²) < 4.78 is 24.2. The Morgan fingerprint density at radius 1 is 1.18 bits per heavy atom. The van der Waals surface area contributed by atoms with E-state index in [9.17, 15) is 9.90 Å². The summed E-state index contributed by atoms with van der Waals surface area (Å²) in [5.41, 5.74) is -0.676. The Labute approximate surface area is 167 Å². The Morgan fingerprint density at radius 2 is 1.86 bits per heavy atom. The van der Waals surface area contributed by atoms with Crippen LogP contribution in [0.1, 0.15) is 67.2 Å². The highest BCUT2D eigenvalue weighted by Gasteiger charge is 2.65. The van der Waals surface area contributed by atoms with Crippen LogP contribution in [0.2, 0.25) is 0 Å². The van der Waals surface area contributed by atoms with Crippen molar-refractivity contribution in [2.75, 3.05) is 0 Å². The molecule has 4 aliphatic heterocycles. The van der Waals surface area contributed by atoms with Crippen molar-refractivity contribution in [1.29, 1.82) is 0 Å². The van der Waals surface area contributed by atoms with Crippen LogP contribution in [-0.4, -0.2) is 58.4 Å². The molecule has 0 amide bonds. The molecule has 4 aliphatic rings. The normalized spacial score (nSPS) is 50.4. The zero-order chi connectivity index (χ0) is 20.5. The van der Waals surface area contributed by atoms with Crippen molar-refractivity contribution < 1.29 is 28.8 Å². The molecule has 6 heteroatoms. The van der Waals surface area contributed by atoms with Gasteiger partial charge < -0.3 is 24.1 Å². The fraction of sp³-hybridized carbons (Fsp3) is 0.864. The number of carbonyl (C=O) groups excluding carboxylic acids is 1. The van der Waals surface area contributed by atoms with Gasteiger partial charge in [0.15, 0.2) is 6.10 Å². The smallest absolute Gasteiger partial charge is 0.303 e. The van der Waals surface area contributed by atoms with Gasteiger partial charge in [0.05, 0.1) is 23.4 Å². The fourth-order valence-electron chi connectivity index (χ4n) is 5.02. The molecule has 1 N–H and O–H groups in total. The summed E-state index contributed by atoms with van der Waals surface area (Å²) in [7, 11) is 0. The summed E-state index contributed by atoms with van der Waals surface area (Å²) in [4.78, 5) is 11.9. The van der Waals surface area contributed by atoms with Crippen LogP contribution in [0.15, 0.2) is 11.6 Å². The lowest BCUT2D eigenvalue weighted by atomic mass is 9.84. The maximum Gasteiger partial charge on any atom is 0.303 e. The van der Waals surface area contributed by atoms with Crippen LogP contribution in [0.5, 0.6) is 0 Å². The molecule has 3 saturated heterocycles. The number of aliphatic hydroxyl groups is 1. The molecule has 8 atom stereocenters. The van der Waals surface area contributed by atoms with E-state index < -0.39 is 29.5 Å². The Kier molecular flexibility index (Phi) is 4.74. The number of fused-ring (bicyclic) bond motifs is 4. The molecular formula is C22H34O6. The van der Waals surface area contributed by atoms with E-state index in [1.165, 1.54) is 6.92 Å². The van der Waals surface area contributed by atoms with Crippen LogP contribution >= 0.6 is 0 Å². The van der Waals surface area contributed by atoms with Crippen molar-refractivity contribution in [2.24, 2.45) is 5.92 Å². The highest BCUT2D eigenvalue weighted by atomic mass is 16.7. The molecule has 0 aromatic carbocycles. The summed E-state index contributed by atoms with van der Waals surface area (Å²) in [5.74, 6) is -0.128. The molecule has 3 fully saturated rings. The van der Waals surface area contributed by atoms with Crippen molar-refractivity contribution in [3.05, 3.63) is 11.6 Å². The van der Waals surface area contributed by atoms with Gasteiger partial charge in [-0.2, -0.15) is 0 Å². The Morgan fingerprint density at radius 3 is 2.50 bits per heavy atom. The molecule has 0 aromatic rings. The SMILES string of the molecule is CC(=O)OC1C2OC(C=C2C(C)C)C(C)(O)CCC2OC2(C)CCC2OC21C. The third-order valence-corrected chi connectivity index (χ3v) is 7.21. The first-order valence-electron chi connectivity index (χ1n) is 10.6. The van der Waals surface area contributed by atoms with Gasteiger partial charge in [0, 0.05) is 6.92 Å². The number of hydrogen-bond donors (Lipinski definition) is 1. The quantitative estimate of drug-likeness (QED) is 0.441. The Hall–Kier alpha value is -0.950. The van der Waals surface area contributed by atoms with E-state index in [4.69, 9.17) is 18.9 Å². The number of esters is 1. The second kappa shape index (κ2) is 6.53. The molecule has 0 radical (unpaired) electrons. The number of ether oxygens (including phenoxy) is 4. The van der Waals surface area contributed by atoms with E-state index in [2.05, 4.69) is 20.8 Å². The molecule has 28 heavy (non-hydrogen) atoms. The van der Waals surface area contributed by atoms with Gasteiger partial charge in [0.2, 0.25) is 0 Å². The fourth-order valence-corrected chi connectivity index (χ4v) is 5.02. The molecule has 6 nitrogen and oxygen atoms in total. The van der Waals surface area contributed by atoms with Gasteiger partial charge in [-0.25, -0.2) is 0 Å². The van der Waals surface area contributed by atoms with Gasteiger partial charge in [-0.3, -0.25) is 4.79 Å². The van der Waals surface area contributed by atoms with Crippen LogP contribution in [0.25, 0.3) is 0 Å². The van der Waals surface area contributed by atoms with Crippen molar-refractivity contribution >= 4 is 5.97 Å². The average molecular weight is 395 g/mol. The van der Waals surface area contributed by atoms with Crippen molar-refractivity contribution in [1.82, 2.24) is 0 Å². The zero-order valence-electron chi connectivity index (χ0n) is 17.9. The molecule has 2 bridgehead atoms. The van der Waals surface area contributed by atoms with Gasteiger partial charge in [0.25, 0.3) is 0 Å². The molecule has 158 valence electrons. The van der Waals surface area contributed by atoms with E-state index in [1.54, 1.807) is 0 Å². The number of epoxide rings is 2. The lowest BCUT2D eigenvalue weighted by molar-refractivity contribution is -0.166. The van der Waals surface area contributed by atoms with Crippen LogP contribution in [0.3, 0.4) is 0 Å². The average Bonchev–Trinajstić information content (AvgIpc) is 3.36. The maximum atomic E-state index is 11.9. The largest absolute Gasteiger partial charge is 0.456 e. The highest BCUT2D eigenvalue weighted by Crippen LogP contribution is 2.52. The second-order valence-electron chi connectivity index (χ2n) is 9.97. The minimum absolute atomic E-state index is 0.0100. The lowest BCUT2D eigenvalue weighted by Gasteiger charge is -2.33. The van der Waals surface area contributed by atoms with Gasteiger partial charge in [-0.05, 0) is 57.9 Å². The molecule has 0 spiro atoms. The molecule has 0 saturated carbocycles. The number of carbonyl (C=O) groups is 1. The van der Waals surface area contributed by atoms with Crippen LogP contribution in [-0.2, 0) is 23.7 Å². The van der Waals surface area contributed by atoms with E-state index in [0.717, 1.165) is 24.8 Å². The molecular weight excluding hydrogens is 360 g/mol. The zero-order valence-corrected chi connectivity index (χ0v) is 17.9. The van der Waals surface area contributed by atoms with Crippen LogP contribution < -0.4 is 0 Å². The Bertz CT molecular complexity index is 685. The first-order chi connectivity index (χ1) is 13.0. The molecule has 0 aliphatic carbocycles. The van der Waals surface area contributed by atoms with Gasteiger partial charge in [-0.15, -0.1) is 0 Å². The van der Waals surface area contributed by atoms with E-state index >= 15 is 0 Å².